The molecule has 2 N–H and O–H groups in total. The zero-order valence-corrected chi connectivity index (χ0v) is 11.4. The van der Waals surface area contributed by atoms with E-state index in [-0.39, 0.29) is 5.56 Å². The van der Waals surface area contributed by atoms with E-state index in [9.17, 15) is 26.3 Å². The van der Waals surface area contributed by atoms with E-state index in [1.165, 1.54) is 24.3 Å². The summed E-state index contributed by atoms with van der Waals surface area (Å²) in [7, 11) is 0. The first-order chi connectivity index (χ1) is 9.57. The Morgan fingerprint density at radius 1 is 0.952 bits per heavy atom. The summed E-state index contributed by atoms with van der Waals surface area (Å²) in [6.07, 6.45) is -8.28. The maximum absolute atomic E-state index is 12.6. The molecule has 1 aromatic rings. The van der Waals surface area contributed by atoms with Crippen LogP contribution in [-0.2, 0) is 6.42 Å². The molecular formula is C14H17F6N. The summed E-state index contributed by atoms with van der Waals surface area (Å²) in [4.78, 5) is 0. The third kappa shape index (κ3) is 4.91. The van der Waals surface area contributed by atoms with Crippen LogP contribution in [-0.4, -0.2) is 12.4 Å². The van der Waals surface area contributed by atoms with Gasteiger partial charge in [0.15, 0.2) is 5.92 Å². The van der Waals surface area contributed by atoms with Gasteiger partial charge in [-0.1, -0.05) is 37.6 Å². The molecule has 1 rings (SSSR count). The summed E-state index contributed by atoms with van der Waals surface area (Å²) in [5.74, 6) is -3.56. The van der Waals surface area contributed by atoms with E-state index in [0.717, 1.165) is 24.8 Å². The maximum atomic E-state index is 12.6. The molecule has 0 radical (unpaired) electrons. The van der Waals surface area contributed by atoms with Crippen molar-refractivity contribution in [2.45, 2.75) is 44.6 Å². The summed E-state index contributed by atoms with van der Waals surface area (Å²) in [6.45, 7) is 1.99. The number of nitrogens with two attached hydrogens (primary N) is 1. The highest BCUT2D eigenvalue weighted by molar-refractivity contribution is 5.26. The van der Waals surface area contributed by atoms with E-state index in [1.807, 2.05) is 6.92 Å². The van der Waals surface area contributed by atoms with Gasteiger partial charge in [0.1, 0.15) is 0 Å². The van der Waals surface area contributed by atoms with Gasteiger partial charge in [0.05, 0.1) is 6.04 Å². The quantitative estimate of drug-likeness (QED) is 0.779. The minimum absolute atomic E-state index is 0.171. The lowest BCUT2D eigenvalue weighted by molar-refractivity contribution is -0.290. The van der Waals surface area contributed by atoms with E-state index in [1.54, 1.807) is 0 Å². The Morgan fingerprint density at radius 3 is 1.81 bits per heavy atom. The fraction of sp³-hybridized carbons (Fsp3) is 0.571. The van der Waals surface area contributed by atoms with Crippen molar-refractivity contribution in [3.05, 3.63) is 35.4 Å². The average Bonchev–Trinajstić information content (AvgIpc) is 2.33. The van der Waals surface area contributed by atoms with Crippen LogP contribution in [0.25, 0.3) is 0 Å². The Hall–Kier alpha value is -1.24. The van der Waals surface area contributed by atoms with Crippen LogP contribution in [0.3, 0.4) is 0 Å². The normalized spacial score (nSPS) is 14.5. The fourth-order valence-corrected chi connectivity index (χ4v) is 2.07. The molecule has 7 heteroatoms. The van der Waals surface area contributed by atoms with Crippen LogP contribution in [0.15, 0.2) is 24.3 Å². The van der Waals surface area contributed by atoms with Crippen molar-refractivity contribution in [1.82, 2.24) is 0 Å². The van der Waals surface area contributed by atoms with Crippen molar-refractivity contribution in [1.29, 1.82) is 0 Å². The first-order valence-electron chi connectivity index (χ1n) is 6.55. The Morgan fingerprint density at radius 2 is 1.43 bits per heavy atom. The highest BCUT2D eigenvalue weighted by atomic mass is 19.4. The van der Waals surface area contributed by atoms with E-state index in [2.05, 4.69) is 0 Å². The number of alkyl halides is 6. The molecule has 1 unspecified atom stereocenters. The zero-order valence-electron chi connectivity index (χ0n) is 11.4. The number of rotatable bonds is 5. The van der Waals surface area contributed by atoms with E-state index >= 15 is 0 Å². The highest BCUT2D eigenvalue weighted by Gasteiger charge is 2.59. The number of benzene rings is 1. The zero-order chi connectivity index (χ0) is 16.3. The van der Waals surface area contributed by atoms with Crippen LogP contribution in [0.1, 0.15) is 36.9 Å². The predicted molar refractivity (Wildman–Crippen MR) is 67.6 cm³/mol. The smallest absolute Gasteiger partial charge is 0.323 e. The molecule has 0 heterocycles. The van der Waals surface area contributed by atoms with Crippen LogP contribution < -0.4 is 5.73 Å². The molecule has 1 atom stereocenters. The molecule has 0 bridgehead atoms. The minimum Gasteiger partial charge on any atom is -0.323 e. The molecule has 0 aromatic heterocycles. The number of aryl methyl sites for hydroxylation is 1. The van der Waals surface area contributed by atoms with Crippen LogP contribution in [0.5, 0.6) is 0 Å². The van der Waals surface area contributed by atoms with Gasteiger partial charge < -0.3 is 5.73 Å². The van der Waals surface area contributed by atoms with Gasteiger partial charge in [-0.05, 0) is 24.0 Å². The molecule has 0 aliphatic carbocycles. The SMILES string of the molecule is CCCCc1ccc(C(N)C(C(F)(F)F)C(F)(F)F)cc1. The van der Waals surface area contributed by atoms with Gasteiger partial charge >= 0.3 is 12.4 Å². The average molecular weight is 313 g/mol. The standard InChI is InChI=1S/C14H17F6N/c1-2-3-4-9-5-7-10(8-6-9)11(21)12(13(15,16)17)14(18,19)20/h5-8,11-12H,2-4,21H2,1H3. The number of hydrogen-bond donors (Lipinski definition) is 1. The van der Waals surface area contributed by atoms with Gasteiger partial charge in [0.2, 0.25) is 0 Å². The van der Waals surface area contributed by atoms with Gasteiger partial charge in [0, 0.05) is 0 Å². The van der Waals surface area contributed by atoms with Crippen molar-refractivity contribution in [2.24, 2.45) is 11.7 Å². The predicted octanol–water partition coefficient (Wildman–Crippen LogP) is 4.77. The van der Waals surface area contributed by atoms with Gasteiger partial charge in [-0.15, -0.1) is 0 Å². The first-order valence-corrected chi connectivity index (χ1v) is 6.55. The Kier molecular flexibility index (Phi) is 5.67. The second kappa shape index (κ2) is 6.68. The molecule has 0 saturated heterocycles. The number of hydrogen-bond acceptors (Lipinski definition) is 1. The summed E-state index contributed by atoms with van der Waals surface area (Å²) >= 11 is 0. The second-order valence-corrected chi connectivity index (χ2v) is 4.93. The molecule has 1 aromatic carbocycles. The number of unbranched alkanes of at least 4 members (excludes halogenated alkanes) is 1. The Balaban J connectivity index is 2.97. The lowest BCUT2D eigenvalue weighted by atomic mass is 9.91. The van der Waals surface area contributed by atoms with E-state index in [0.29, 0.717) is 0 Å². The van der Waals surface area contributed by atoms with E-state index < -0.39 is 24.3 Å². The summed E-state index contributed by atoms with van der Waals surface area (Å²) < 4.78 is 75.6. The summed E-state index contributed by atoms with van der Waals surface area (Å²) in [5, 5.41) is 0. The van der Waals surface area contributed by atoms with Crippen LogP contribution in [0.2, 0.25) is 0 Å². The molecule has 0 amide bonds. The molecule has 0 aliphatic rings. The lowest BCUT2D eigenvalue weighted by Gasteiger charge is -2.28. The molecule has 0 saturated carbocycles. The van der Waals surface area contributed by atoms with Crippen molar-refractivity contribution in [3.63, 3.8) is 0 Å². The molecule has 0 spiro atoms. The Bertz CT molecular complexity index is 420. The first kappa shape index (κ1) is 17.8. The van der Waals surface area contributed by atoms with E-state index in [4.69, 9.17) is 5.73 Å². The largest absolute Gasteiger partial charge is 0.402 e. The van der Waals surface area contributed by atoms with Crippen LogP contribution in [0.4, 0.5) is 26.3 Å². The van der Waals surface area contributed by atoms with Gasteiger partial charge in [-0.2, -0.15) is 26.3 Å². The fourth-order valence-electron chi connectivity index (χ4n) is 2.07. The molecule has 120 valence electrons. The lowest BCUT2D eigenvalue weighted by Crippen LogP contribution is -2.43. The monoisotopic (exact) mass is 313 g/mol. The summed E-state index contributed by atoms with van der Waals surface area (Å²) in [6, 6.07) is 3.36. The third-order valence-electron chi connectivity index (χ3n) is 3.25. The van der Waals surface area contributed by atoms with Crippen molar-refractivity contribution in [2.75, 3.05) is 0 Å². The third-order valence-corrected chi connectivity index (χ3v) is 3.25. The van der Waals surface area contributed by atoms with Crippen molar-refractivity contribution >= 4 is 0 Å². The number of halogens is 6. The summed E-state index contributed by atoms with van der Waals surface area (Å²) in [5.41, 5.74) is 5.91. The molecule has 0 fully saturated rings. The second-order valence-electron chi connectivity index (χ2n) is 4.93. The maximum Gasteiger partial charge on any atom is 0.402 e. The van der Waals surface area contributed by atoms with Crippen molar-refractivity contribution in [3.8, 4) is 0 Å². The molecule has 21 heavy (non-hydrogen) atoms. The minimum atomic E-state index is -5.43. The van der Waals surface area contributed by atoms with Gasteiger partial charge in [-0.3, -0.25) is 0 Å². The molecule has 1 nitrogen and oxygen atoms in total. The topological polar surface area (TPSA) is 26.0 Å². The van der Waals surface area contributed by atoms with Gasteiger partial charge in [-0.25, -0.2) is 0 Å². The molecule has 0 aliphatic heterocycles. The van der Waals surface area contributed by atoms with Crippen LogP contribution >= 0.6 is 0 Å². The van der Waals surface area contributed by atoms with Crippen molar-refractivity contribution < 1.29 is 26.3 Å². The Labute approximate surface area is 119 Å². The van der Waals surface area contributed by atoms with Gasteiger partial charge in [0.25, 0.3) is 0 Å². The van der Waals surface area contributed by atoms with Crippen LogP contribution in [0, 0.1) is 5.92 Å². The molecular weight excluding hydrogens is 296 g/mol. The highest BCUT2D eigenvalue weighted by Crippen LogP contribution is 2.45.